The molecule has 2 aromatic rings. The van der Waals surface area contributed by atoms with Crippen molar-refractivity contribution in [3.05, 3.63) is 57.6 Å². The van der Waals surface area contributed by atoms with Crippen LogP contribution in [0.5, 0.6) is 0 Å². The molecule has 3 N–H and O–H groups in total. The fourth-order valence-corrected chi connectivity index (χ4v) is 2.25. The summed E-state index contributed by atoms with van der Waals surface area (Å²) in [6.45, 7) is 5.71. The number of nitrogen functional groups attached to an aromatic ring is 1. The van der Waals surface area contributed by atoms with Crippen LogP contribution in [0.25, 0.3) is 0 Å². The summed E-state index contributed by atoms with van der Waals surface area (Å²) < 4.78 is 0. The van der Waals surface area contributed by atoms with Crippen molar-refractivity contribution in [2.45, 2.75) is 20.8 Å². The second-order valence-corrected chi connectivity index (χ2v) is 5.32. The van der Waals surface area contributed by atoms with Gasteiger partial charge in [0.2, 0.25) is 0 Å². The number of anilines is 2. The average Bonchev–Trinajstić information content (AvgIpc) is 2.41. The van der Waals surface area contributed by atoms with E-state index in [-0.39, 0.29) is 5.91 Å². The number of carbonyl (C=O) groups excluding carboxylic acids is 1. The van der Waals surface area contributed by atoms with Gasteiger partial charge in [0.15, 0.2) is 0 Å². The van der Waals surface area contributed by atoms with E-state index >= 15 is 0 Å². The van der Waals surface area contributed by atoms with Gasteiger partial charge >= 0.3 is 0 Å². The Kier molecular flexibility index (Phi) is 4.00. The molecule has 0 aliphatic rings. The first-order chi connectivity index (χ1) is 9.40. The first-order valence-corrected chi connectivity index (χ1v) is 6.71. The Balaban J connectivity index is 2.38. The topological polar surface area (TPSA) is 55.1 Å². The number of hydrogen-bond acceptors (Lipinski definition) is 2. The van der Waals surface area contributed by atoms with Crippen molar-refractivity contribution < 1.29 is 4.79 Å². The minimum Gasteiger partial charge on any atom is -0.398 e. The van der Waals surface area contributed by atoms with Crippen molar-refractivity contribution in [1.29, 1.82) is 0 Å². The number of aryl methyl sites for hydroxylation is 2. The summed E-state index contributed by atoms with van der Waals surface area (Å²) in [5.74, 6) is -0.179. The zero-order valence-electron chi connectivity index (χ0n) is 11.8. The molecular formula is C16H17ClN2O. The van der Waals surface area contributed by atoms with Crippen LogP contribution in [0.4, 0.5) is 11.4 Å². The lowest BCUT2D eigenvalue weighted by atomic mass is 10.0. The molecular weight excluding hydrogens is 272 g/mol. The van der Waals surface area contributed by atoms with Crippen LogP contribution < -0.4 is 11.1 Å². The molecule has 0 atom stereocenters. The van der Waals surface area contributed by atoms with Gasteiger partial charge in [0.05, 0.1) is 0 Å². The molecule has 2 rings (SSSR count). The van der Waals surface area contributed by atoms with E-state index in [0.717, 1.165) is 22.4 Å². The molecule has 0 heterocycles. The fraction of sp³-hybridized carbons (Fsp3) is 0.188. The maximum Gasteiger partial charge on any atom is 0.255 e. The number of hydrogen-bond donors (Lipinski definition) is 2. The van der Waals surface area contributed by atoms with E-state index < -0.39 is 0 Å². The maximum absolute atomic E-state index is 12.4. The molecule has 0 unspecified atom stereocenters. The van der Waals surface area contributed by atoms with Crippen molar-refractivity contribution in [3.63, 3.8) is 0 Å². The van der Waals surface area contributed by atoms with E-state index in [1.807, 2.05) is 39.0 Å². The largest absolute Gasteiger partial charge is 0.398 e. The zero-order valence-corrected chi connectivity index (χ0v) is 12.5. The summed E-state index contributed by atoms with van der Waals surface area (Å²) in [5, 5.41) is 3.47. The molecule has 2 aromatic carbocycles. The molecule has 0 spiro atoms. The molecule has 1 amide bonds. The number of amides is 1. The fourth-order valence-electron chi connectivity index (χ4n) is 2.08. The highest BCUT2D eigenvalue weighted by atomic mass is 35.5. The second kappa shape index (κ2) is 5.55. The Hall–Kier alpha value is -2.00. The van der Waals surface area contributed by atoms with Gasteiger partial charge in [-0.2, -0.15) is 0 Å². The molecule has 0 saturated heterocycles. The average molecular weight is 289 g/mol. The summed E-state index contributed by atoms with van der Waals surface area (Å²) in [5.41, 5.74) is 10.6. The SMILES string of the molecule is Cc1ccc(Cl)cc1C(=O)Nc1c(C)ccc(N)c1C. The highest BCUT2D eigenvalue weighted by Gasteiger charge is 2.13. The minimum absolute atomic E-state index is 0.179. The highest BCUT2D eigenvalue weighted by molar-refractivity contribution is 6.31. The molecule has 0 fully saturated rings. The molecule has 0 aliphatic carbocycles. The first-order valence-electron chi connectivity index (χ1n) is 6.33. The highest BCUT2D eigenvalue weighted by Crippen LogP contribution is 2.26. The summed E-state index contributed by atoms with van der Waals surface area (Å²) in [6, 6.07) is 9.00. The lowest BCUT2D eigenvalue weighted by Crippen LogP contribution is -2.15. The van der Waals surface area contributed by atoms with Crippen molar-refractivity contribution in [1.82, 2.24) is 0 Å². The molecule has 104 valence electrons. The van der Waals surface area contributed by atoms with Gasteiger partial charge in [0, 0.05) is 22.0 Å². The summed E-state index contributed by atoms with van der Waals surface area (Å²) >= 11 is 5.95. The van der Waals surface area contributed by atoms with Crippen LogP contribution in [0.2, 0.25) is 5.02 Å². The zero-order chi connectivity index (χ0) is 14.9. The van der Waals surface area contributed by atoms with Gasteiger partial charge in [-0.15, -0.1) is 0 Å². The summed E-state index contributed by atoms with van der Waals surface area (Å²) in [7, 11) is 0. The van der Waals surface area contributed by atoms with E-state index in [4.69, 9.17) is 17.3 Å². The Morgan fingerprint density at radius 1 is 1.10 bits per heavy atom. The molecule has 0 aliphatic heterocycles. The van der Waals surface area contributed by atoms with Gasteiger partial charge in [-0.05, 0) is 55.7 Å². The number of rotatable bonds is 2. The van der Waals surface area contributed by atoms with Crippen molar-refractivity contribution in [2.75, 3.05) is 11.1 Å². The number of halogens is 1. The van der Waals surface area contributed by atoms with Crippen molar-refractivity contribution >= 4 is 28.9 Å². The number of nitrogens with one attached hydrogen (secondary N) is 1. The third-order valence-electron chi connectivity index (χ3n) is 3.40. The Labute approximate surface area is 123 Å². The van der Waals surface area contributed by atoms with Crippen LogP contribution in [0, 0.1) is 20.8 Å². The second-order valence-electron chi connectivity index (χ2n) is 4.89. The Bertz CT molecular complexity index is 680. The Morgan fingerprint density at radius 3 is 2.45 bits per heavy atom. The molecule has 4 heteroatoms. The molecule has 0 bridgehead atoms. The molecule has 0 aromatic heterocycles. The molecule has 0 radical (unpaired) electrons. The third-order valence-corrected chi connectivity index (χ3v) is 3.63. The van der Waals surface area contributed by atoms with Crippen LogP contribution in [0.15, 0.2) is 30.3 Å². The Morgan fingerprint density at radius 2 is 1.75 bits per heavy atom. The van der Waals surface area contributed by atoms with Crippen LogP contribution in [0.1, 0.15) is 27.0 Å². The molecule has 20 heavy (non-hydrogen) atoms. The number of benzene rings is 2. The van der Waals surface area contributed by atoms with E-state index in [1.165, 1.54) is 0 Å². The predicted molar refractivity (Wildman–Crippen MR) is 84.5 cm³/mol. The van der Waals surface area contributed by atoms with Gasteiger partial charge in [0.1, 0.15) is 0 Å². The lowest BCUT2D eigenvalue weighted by Gasteiger charge is -2.14. The van der Waals surface area contributed by atoms with E-state index in [1.54, 1.807) is 12.1 Å². The maximum atomic E-state index is 12.4. The van der Waals surface area contributed by atoms with E-state index in [2.05, 4.69) is 5.32 Å². The van der Waals surface area contributed by atoms with E-state index in [9.17, 15) is 4.79 Å². The molecule has 0 saturated carbocycles. The third kappa shape index (κ3) is 2.78. The van der Waals surface area contributed by atoms with Gasteiger partial charge in [-0.1, -0.05) is 23.7 Å². The quantitative estimate of drug-likeness (QED) is 0.818. The molecule has 3 nitrogen and oxygen atoms in total. The summed E-state index contributed by atoms with van der Waals surface area (Å²) in [6.07, 6.45) is 0. The van der Waals surface area contributed by atoms with Crippen molar-refractivity contribution in [3.8, 4) is 0 Å². The lowest BCUT2D eigenvalue weighted by molar-refractivity contribution is 0.102. The van der Waals surface area contributed by atoms with Gasteiger partial charge in [0.25, 0.3) is 5.91 Å². The predicted octanol–water partition coefficient (Wildman–Crippen LogP) is 4.10. The van der Waals surface area contributed by atoms with Crippen LogP contribution >= 0.6 is 11.6 Å². The smallest absolute Gasteiger partial charge is 0.255 e. The van der Waals surface area contributed by atoms with Gasteiger partial charge in [-0.3, -0.25) is 4.79 Å². The van der Waals surface area contributed by atoms with Crippen LogP contribution in [-0.4, -0.2) is 5.91 Å². The summed E-state index contributed by atoms with van der Waals surface area (Å²) in [4.78, 5) is 12.4. The van der Waals surface area contributed by atoms with Crippen LogP contribution in [-0.2, 0) is 0 Å². The number of carbonyl (C=O) groups is 1. The van der Waals surface area contributed by atoms with Gasteiger partial charge < -0.3 is 11.1 Å². The van der Waals surface area contributed by atoms with Gasteiger partial charge in [-0.25, -0.2) is 0 Å². The standard InChI is InChI=1S/C16H17ClN2O/c1-9-4-6-12(17)8-13(9)16(20)19-15-10(2)5-7-14(18)11(15)3/h4-8H,18H2,1-3H3,(H,19,20). The monoisotopic (exact) mass is 288 g/mol. The number of nitrogens with two attached hydrogens (primary N) is 1. The van der Waals surface area contributed by atoms with Crippen molar-refractivity contribution in [2.24, 2.45) is 0 Å². The first kappa shape index (κ1) is 14.4. The van der Waals surface area contributed by atoms with Crippen LogP contribution in [0.3, 0.4) is 0 Å². The normalized spacial score (nSPS) is 10.4. The minimum atomic E-state index is -0.179. The van der Waals surface area contributed by atoms with E-state index in [0.29, 0.717) is 16.3 Å².